The Labute approximate surface area is 109 Å². The molecular formula is C15H21N3. The fraction of sp³-hybridized carbons (Fsp3) is 0.400. The third-order valence-electron chi connectivity index (χ3n) is 3.36. The zero-order valence-corrected chi connectivity index (χ0v) is 11.2. The predicted octanol–water partition coefficient (Wildman–Crippen LogP) is 2.68. The van der Waals surface area contributed by atoms with E-state index in [4.69, 9.17) is 0 Å². The highest BCUT2D eigenvalue weighted by Gasteiger charge is 1.99. The molecule has 0 radical (unpaired) electrons. The first-order valence-corrected chi connectivity index (χ1v) is 6.49. The van der Waals surface area contributed by atoms with Crippen molar-refractivity contribution in [2.75, 3.05) is 6.54 Å². The van der Waals surface area contributed by atoms with Gasteiger partial charge in [0.2, 0.25) is 0 Å². The molecule has 0 aliphatic carbocycles. The van der Waals surface area contributed by atoms with Gasteiger partial charge in [-0.25, -0.2) is 4.98 Å². The summed E-state index contributed by atoms with van der Waals surface area (Å²) in [5.41, 5.74) is 4.17. The van der Waals surface area contributed by atoms with Crippen LogP contribution >= 0.6 is 0 Å². The summed E-state index contributed by atoms with van der Waals surface area (Å²) in [4.78, 5) is 4.03. The maximum atomic E-state index is 4.03. The van der Waals surface area contributed by atoms with Crippen LogP contribution in [-0.4, -0.2) is 16.1 Å². The number of rotatable bonds is 6. The molecule has 0 amide bonds. The van der Waals surface area contributed by atoms with Crippen LogP contribution in [0.5, 0.6) is 0 Å². The summed E-state index contributed by atoms with van der Waals surface area (Å²) in [5, 5.41) is 3.50. The molecule has 3 heteroatoms. The Morgan fingerprint density at radius 2 is 2.17 bits per heavy atom. The standard InChI is InChI=1S/C15H21N3/c1-13-5-3-6-15(14(13)2)11-16-7-4-9-18-10-8-17-12-18/h3,5-6,8,10,12,16H,4,7,9,11H2,1-2H3. The number of aryl methyl sites for hydroxylation is 2. The van der Waals surface area contributed by atoms with Crippen LogP contribution in [-0.2, 0) is 13.1 Å². The maximum Gasteiger partial charge on any atom is 0.0945 e. The molecule has 2 rings (SSSR count). The van der Waals surface area contributed by atoms with Gasteiger partial charge in [-0.2, -0.15) is 0 Å². The summed E-state index contributed by atoms with van der Waals surface area (Å²) in [6.45, 7) is 7.37. The SMILES string of the molecule is Cc1cccc(CNCCCn2ccnc2)c1C. The summed E-state index contributed by atoms with van der Waals surface area (Å²) in [5.74, 6) is 0. The lowest BCUT2D eigenvalue weighted by atomic mass is 10.0. The molecule has 0 spiro atoms. The van der Waals surface area contributed by atoms with Gasteiger partial charge in [0.15, 0.2) is 0 Å². The number of hydrogen-bond acceptors (Lipinski definition) is 2. The number of aromatic nitrogens is 2. The fourth-order valence-electron chi connectivity index (χ4n) is 2.03. The van der Waals surface area contributed by atoms with E-state index in [-0.39, 0.29) is 0 Å². The van der Waals surface area contributed by atoms with Gasteiger partial charge in [-0.05, 0) is 43.5 Å². The monoisotopic (exact) mass is 243 g/mol. The number of nitrogens with one attached hydrogen (secondary N) is 1. The molecule has 0 aliphatic heterocycles. The molecule has 0 bridgehead atoms. The van der Waals surface area contributed by atoms with Crippen molar-refractivity contribution in [1.82, 2.24) is 14.9 Å². The van der Waals surface area contributed by atoms with Crippen molar-refractivity contribution < 1.29 is 0 Å². The van der Waals surface area contributed by atoms with Crippen molar-refractivity contribution in [1.29, 1.82) is 0 Å². The second-order valence-corrected chi connectivity index (χ2v) is 4.69. The molecule has 1 aromatic carbocycles. The molecule has 2 aromatic rings. The molecule has 18 heavy (non-hydrogen) atoms. The van der Waals surface area contributed by atoms with Crippen LogP contribution in [0.15, 0.2) is 36.9 Å². The highest BCUT2D eigenvalue weighted by Crippen LogP contribution is 2.12. The van der Waals surface area contributed by atoms with Crippen molar-refractivity contribution in [3.8, 4) is 0 Å². The Morgan fingerprint density at radius 3 is 2.94 bits per heavy atom. The van der Waals surface area contributed by atoms with Gasteiger partial charge in [0.05, 0.1) is 6.33 Å². The van der Waals surface area contributed by atoms with Crippen LogP contribution < -0.4 is 5.32 Å². The summed E-state index contributed by atoms with van der Waals surface area (Å²) in [6.07, 6.45) is 6.82. The molecule has 0 atom stereocenters. The highest BCUT2D eigenvalue weighted by atomic mass is 15.0. The van der Waals surface area contributed by atoms with Gasteiger partial charge in [0, 0.05) is 25.5 Å². The predicted molar refractivity (Wildman–Crippen MR) is 74.5 cm³/mol. The van der Waals surface area contributed by atoms with Crippen LogP contribution in [0.3, 0.4) is 0 Å². The number of benzene rings is 1. The molecular weight excluding hydrogens is 222 g/mol. The van der Waals surface area contributed by atoms with E-state index in [1.807, 2.05) is 18.7 Å². The van der Waals surface area contributed by atoms with E-state index in [0.717, 1.165) is 26.1 Å². The molecule has 1 aromatic heterocycles. The van der Waals surface area contributed by atoms with Gasteiger partial charge < -0.3 is 9.88 Å². The van der Waals surface area contributed by atoms with E-state index in [1.165, 1.54) is 16.7 Å². The van der Waals surface area contributed by atoms with Gasteiger partial charge in [-0.15, -0.1) is 0 Å². The second kappa shape index (κ2) is 6.36. The van der Waals surface area contributed by atoms with Crippen molar-refractivity contribution in [2.45, 2.75) is 33.4 Å². The van der Waals surface area contributed by atoms with Crippen LogP contribution in [0.4, 0.5) is 0 Å². The third kappa shape index (κ3) is 3.44. The lowest BCUT2D eigenvalue weighted by Gasteiger charge is -2.10. The van der Waals surface area contributed by atoms with E-state index in [1.54, 1.807) is 0 Å². The normalized spacial score (nSPS) is 10.8. The second-order valence-electron chi connectivity index (χ2n) is 4.69. The van der Waals surface area contributed by atoms with Gasteiger partial charge in [0.25, 0.3) is 0 Å². The fourth-order valence-corrected chi connectivity index (χ4v) is 2.03. The van der Waals surface area contributed by atoms with E-state index in [2.05, 4.69) is 46.9 Å². The number of hydrogen-bond donors (Lipinski definition) is 1. The molecule has 0 aliphatic rings. The number of imidazole rings is 1. The third-order valence-corrected chi connectivity index (χ3v) is 3.36. The Bertz CT molecular complexity index is 474. The lowest BCUT2D eigenvalue weighted by Crippen LogP contribution is -2.17. The zero-order chi connectivity index (χ0) is 12.8. The lowest BCUT2D eigenvalue weighted by molar-refractivity contribution is 0.580. The molecule has 0 saturated carbocycles. The Morgan fingerprint density at radius 1 is 1.28 bits per heavy atom. The molecule has 0 saturated heterocycles. The van der Waals surface area contributed by atoms with Crippen molar-refractivity contribution in [3.63, 3.8) is 0 Å². The average molecular weight is 243 g/mol. The number of nitrogens with zero attached hydrogens (tertiary/aromatic N) is 2. The minimum atomic E-state index is 0.956. The van der Waals surface area contributed by atoms with E-state index in [9.17, 15) is 0 Å². The average Bonchev–Trinajstić information content (AvgIpc) is 2.87. The van der Waals surface area contributed by atoms with Crippen molar-refractivity contribution in [2.24, 2.45) is 0 Å². The molecule has 0 fully saturated rings. The maximum absolute atomic E-state index is 4.03. The van der Waals surface area contributed by atoms with E-state index < -0.39 is 0 Å². The van der Waals surface area contributed by atoms with Gasteiger partial charge in [0.1, 0.15) is 0 Å². The Kier molecular flexibility index (Phi) is 4.53. The molecule has 3 nitrogen and oxygen atoms in total. The van der Waals surface area contributed by atoms with Crippen LogP contribution in [0.2, 0.25) is 0 Å². The van der Waals surface area contributed by atoms with Crippen LogP contribution in [0.25, 0.3) is 0 Å². The van der Waals surface area contributed by atoms with Gasteiger partial charge in [-0.3, -0.25) is 0 Å². The summed E-state index contributed by atoms with van der Waals surface area (Å²) in [6, 6.07) is 6.49. The summed E-state index contributed by atoms with van der Waals surface area (Å²) in [7, 11) is 0. The van der Waals surface area contributed by atoms with Crippen LogP contribution in [0.1, 0.15) is 23.1 Å². The minimum absolute atomic E-state index is 0.956. The topological polar surface area (TPSA) is 29.9 Å². The van der Waals surface area contributed by atoms with E-state index in [0.29, 0.717) is 0 Å². The zero-order valence-electron chi connectivity index (χ0n) is 11.2. The van der Waals surface area contributed by atoms with Crippen LogP contribution in [0, 0.1) is 13.8 Å². The molecule has 1 heterocycles. The highest BCUT2D eigenvalue weighted by molar-refractivity contribution is 5.32. The minimum Gasteiger partial charge on any atom is -0.337 e. The summed E-state index contributed by atoms with van der Waals surface area (Å²) >= 11 is 0. The largest absolute Gasteiger partial charge is 0.337 e. The first kappa shape index (κ1) is 12.8. The molecule has 96 valence electrons. The first-order chi connectivity index (χ1) is 8.77. The van der Waals surface area contributed by atoms with Gasteiger partial charge in [-0.1, -0.05) is 18.2 Å². The molecule has 1 N–H and O–H groups in total. The molecule has 0 unspecified atom stereocenters. The summed E-state index contributed by atoms with van der Waals surface area (Å²) < 4.78 is 2.11. The Balaban J connectivity index is 1.70. The van der Waals surface area contributed by atoms with Crippen molar-refractivity contribution >= 4 is 0 Å². The van der Waals surface area contributed by atoms with Crippen molar-refractivity contribution in [3.05, 3.63) is 53.6 Å². The Hall–Kier alpha value is -1.61. The first-order valence-electron chi connectivity index (χ1n) is 6.49. The van der Waals surface area contributed by atoms with E-state index >= 15 is 0 Å². The van der Waals surface area contributed by atoms with Gasteiger partial charge >= 0.3 is 0 Å². The quantitative estimate of drug-likeness (QED) is 0.791. The smallest absolute Gasteiger partial charge is 0.0945 e.